The monoisotopic (exact) mass is 386 g/mol. The van der Waals surface area contributed by atoms with Crippen molar-refractivity contribution in [2.75, 3.05) is 13.1 Å². The molecule has 1 saturated heterocycles. The van der Waals surface area contributed by atoms with Crippen LogP contribution in [0.3, 0.4) is 0 Å². The third kappa shape index (κ3) is 3.95. The van der Waals surface area contributed by atoms with Gasteiger partial charge in [0.15, 0.2) is 4.96 Å². The Morgan fingerprint density at radius 1 is 1.44 bits per heavy atom. The molecule has 0 radical (unpaired) electrons. The number of H-pyrrole nitrogens is 1. The summed E-state index contributed by atoms with van der Waals surface area (Å²) in [5.41, 5.74) is 7.18. The second-order valence-electron chi connectivity index (χ2n) is 6.96. The van der Waals surface area contributed by atoms with Crippen molar-refractivity contribution in [3.05, 3.63) is 56.7 Å². The van der Waals surface area contributed by atoms with E-state index in [2.05, 4.69) is 20.2 Å². The van der Waals surface area contributed by atoms with Crippen molar-refractivity contribution >= 4 is 22.2 Å². The number of imidazole rings is 1. The second kappa shape index (κ2) is 7.26. The van der Waals surface area contributed by atoms with Gasteiger partial charge in [-0.05, 0) is 25.5 Å². The fourth-order valence-corrected chi connectivity index (χ4v) is 4.17. The van der Waals surface area contributed by atoms with Crippen molar-refractivity contribution in [2.45, 2.75) is 32.5 Å². The molecule has 1 fully saturated rings. The maximum absolute atomic E-state index is 12.4. The molecule has 9 heteroatoms. The van der Waals surface area contributed by atoms with Gasteiger partial charge in [-0.15, -0.1) is 11.3 Å². The van der Waals surface area contributed by atoms with Crippen LogP contribution in [-0.2, 0) is 13.1 Å². The van der Waals surface area contributed by atoms with Crippen LogP contribution in [0, 0.1) is 6.92 Å². The number of nitrogens with zero attached hydrogens (tertiary/aromatic N) is 3. The molecule has 0 aliphatic carbocycles. The van der Waals surface area contributed by atoms with E-state index in [1.54, 1.807) is 23.5 Å². The molecule has 0 aromatic carbocycles. The lowest BCUT2D eigenvalue weighted by atomic mass is 10.2. The third-order valence-corrected chi connectivity index (χ3v) is 5.58. The highest BCUT2D eigenvalue weighted by atomic mass is 32.1. The van der Waals surface area contributed by atoms with E-state index in [4.69, 9.17) is 5.73 Å². The zero-order chi connectivity index (χ0) is 19.0. The molecule has 4 heterocycles. The average molecular weight is 386 g/mol. The number of carbonyl (C=O) groups excluding carboxylic acids is 1. The largest absolute Gasteiger partial charge is 0.346 e. The van der Waals surface area contributed by atoms with Crippen LogP contribution < -0.4 is 16.6 Å². The van der Waals surface area contributed by atoms with Gasteiger partial charge >= 0.3 is 0 Å². The summed E-state index contributed by atoms with van der Waals surface area (Å²) in [7, 11) is 0. The van der Waals surface area contributed by atoms with E-state index >= 15 is 0 Å². The zero-order valence-corrected chi connectivity index (χ0v) is 15.9. The van der Waals surface area contributed by atoms with Crippen molar-refractivity contribution in [2.24, 2.45) is 5.73 Å². The standard InChI is InChI=1S/C18H22N6O2S/c1-11-7-24-10-14(22-18(24)27-11)6-20-16(25)15-3-2-13(21-17(15)26)9-23-5-4-12(19)8-23/h2-3,7,10,12H,4-6,8-9,19H2,1H3,(H,20,25)(H,21,26). The SMILES string of the molecule is Cc1cn2cc(CNC(=O)c3ccc(CN4CCC(N)C4)[nH]c3=O)nc2s1. The molecular formula is C18H22N6O2S. The Hall–Kier alpha value is -2.49. The van der Waals surface area contributed by atoms with Crippen LogP contribution >= 0.6 is 11.3 Å². The number of amides is 1. The number of aromatic nitrogens is 3. The first-order chi connectivity index (χ1) is 13.0. The molecule has 3 aromatic rings. The summed E-state index contributed by atoms with van der Waals surface area (Å²) >= 11 is 1.59. The number of hydrogen-bond acceptors (Lipinski definition) is 6. The van der Waals surface area contributed by atoms with Gasteiger partial charge in [0.2, 0.25) is 0 Å². The van der Waals surface area contributed by atoms with Gasteiger partial charge < -0.3 is 16.0 Å². The Morgan fingerprint density at radius 2 is 2.30 bits per heavy atom. The van der Waals surface area contributed by atoms with E-state index in [1.165, 1.54) is 4.88 Å². The fourth-order valence-electron chi connectivity index (χ4n) is 3.34. The number of aryl methyl sites for hydroxylation is 1. The van der Waals surface area contributed by atoms with Crippen molar-refractivity contribution in [3.8, 4) is 0 Å². The normalized spacial score (nSPS) is 17.6. The molecule has 1 amide bonds. The summed E-state index contributed by atoms with van der Waals surface area (Å²) in [6, 6.07) is 3.56. The van der Waals surface area contributed by atoms with Crippen molar-refractivity contribution in [3.63, 3.8) is 0 Å². The lowest BCUT2D eigenvalue weighted by Crippen LogP contribution is -2.31. The number of carbonyl (C=O) groups is 1. The van der Waals surface area contributed by atoms with E-state index in [0.717, 1.165) is 35.9 Å². The Morgan fingerprint density at radius 3 is 3.00 bits per heavy atom. The van der Waals surface area contributed by atoms with Crippen LogP contribution in [-0.4, -0.2) is 44.3 Å². The first kappa shape index (κ1) is 17.9. The van der Waals surface area contributed by atoms with E-state index in [9.17, 15) is 9.59 Å². The van der Waals surface area contributed by atoms with Crippen LogP contribution in [0.5, 0.6) is 0 Å². The molecule has 3 aromatic heterocycles. The molecule has 4 N–H and O–H groups in total. The quantitative estimate of drug-likeness (QED) is 0.603. The number of rotatable bonds is 5. The maximum Gasteiger partial charge on any atom is 0.261 e. The Balaban J connectivity index is 1.39. The number of aromatic amines is 1. The Labute approximate surface area is 160 Å². The first-order valence-electron chi connectivity index (χ1n) is 8.90. The molecule has 1 unspecified atom stereocenters. The predicted molar refractivity (Wildman–Crippen MR) is 104 cm³/mol. The number of pyridine rings is 1. The van der Waals surface area contributed by atoms with Gasteiger partial charge in [-0.1, -0.05) is 0 Å². The van der Waals surface area contributed by atoms with Crippen LogP contribution in [0.1, 0.15) is 33.0 Å². The highest BCUT2D eigenvalue weighted by Gasteiger charge is 2.19. The molecule has 27 heavy (non-hydrogen) atoms. The van der Waals surface area contributed by atoms with Gasteiger partial charge in [-0.25, -0.2) is 4.98 Å². The predicted octanol–water partition coefficient (Wildman–Crippen LogP) is 0.856. The van der Waals surface area contributed by atoms with E-state index in [0.29, 0.717) is 6.54 Å². The van der Waals surface area contributed by atoms with Crippen molar-refractivity contribution in [1.82, 2.24) is 24.6 Å². The van der Waals surface area contributed by atoms with Gasteiger partial charge in [0, 0.05) is 48.6 Å². The van der Waals surface area contributed by atoms with E-state index in [1.807, 2.05) is 23.7 Å². The molecule has 0 spiro atoms. The number of thiazole rings is 1. The summed E-state index contributed by atoms with van der Waals surface area (Å²) in [5.74, 6) is -0.404. The molecule has 0 saturated carbocycles. The third-order valence-electron chi connectivity index (χ3n) is 4.67. The molecule has 1 atom stereocenters. The number of nitrogens with two attached hydrogens (primary N) is 1. The first-order valence-corrected chi connectivity index (χ1v) is 9.72. The second-order valence-corrected chi connectivity index (χ2v) is 8.17. The van der Waals surface area contributed by atoms with Gasteiger partial charge in [0.1, 0.15) is 5.56 Å². The molecule has 1 aliphatic heterocycles. The Kier molecular flexibility index (Phi) is 4.81. The van der Waals surface area contributed by atoms with Crippen molar-refractivity contribution in [1.29, 1.82) is 0 Å². The van der Waals surface area contributed by atoms with Gasteiger partial charge in [-0.3, -0.25) is 18.9 Å². The summed E-state index contributed by atoms with van der Waals surface area (Å²) in [6.07, 6.45) is 4.85. The number of likely N-dealkylation sites (tertiary alicyclic amines) is 1. The van der Waals surface area contributed by atoms with E-state index in [-0.39, 0.29) is 23.7 Å². The van der Waals surface area contributed by atoms with Crippen LogP contribution in [0.2, 0.25) is 0 Å². The molecule has 142 valence electrons. The lowest BCUT2D eigenvalue weighted by molar-refractivity contribution is 0.0949. The molecule has 8 nitrogen and oxygen atoms in total. The van der Waals surface area contributed by atoms with Gasteiger partial charge in [0.25, 0.3) is 11.5 Å². The summed E-state index contributed by atoms with van der Waals surface area (Å²) < 4.78 is 1.94. The smallest absolute Gasteiger partial charge is 0.261 e. The molecule has 4 rings (SSSR count). The number of nitrogens with one attached hydrogen (secondary N) is 2. The van der Waals surface area contributed by atoms with E-state index < -0.39 is 5.91 Å². The van der Waals surface area contributed by atoms with Crippen molar-refractivity contribution < 1.29 is 4.79 Å². The highest BCUT2D eigenvalue weighted by molar-refractivity contribution is 7.16. The summed E-state index contributed by atoms with van der Waals surface area (Å²) in [4.78, 5) is 36.2. The average Bonchev–Trinajstić information content (AvgIpc) is 3.27. The topological polar surface area (TPSA) is 109 Å². The lowest BCUT2D eigenvalue weighted by Gasteiger charge is -2.15. The summed E-state index contributed by atoms with van der Waals surface area (Å²) in [5, 5.41) is 2.76. The maximum atomic E-state index is 12.4. The molecule has 1 aliphatic rings. The minimum absolute atomic E-state index is 0.105. The van der Waals surface area contributed by atoms with Crippen LogP contribution in [0.15, 0.2) is 29.3 Å². The fraction of sp³-hybridized carbons (Fsp3) is 0.389. The minimum Gasteiger partial charge on any atom is -0.346 e. The minimum atomic E-state index is -0.404. The zero-order valence-electron chi connectivity index (χ0n) is 15.1. The number of hydrogen-bond donors (Lipinski definition) is 3. The van der Waals surface area contributed by atoms with Gasteiger partial charge in [0.05, 0.1) is 12.2 Å². The van der Waals surface area contributed by atoms with Crippen LogP contribution in [0.25, 0.3) is 4.96 Å². The summed E-state index contributed by atoms with van der Waals surface area (Å²) in [6.45, 7) is 4.68. The Bertz CT molecular complexity index is 1000. The number of fused-ring (bicyclic) bond motifs is 1. The highest BCUT2D eigenvalue weighted by Crippen LogP contribution is 2.16. The molecule has 0 bridgehead atoms. The molecular weight excluding hydrogens is 364 g/mol. The van der Waals surface area contributed by atoms with Gasteiger partial charge in [-0.2, -0.15) is 0 Å². The van der Waals surface area contributed by atoms with Crippen LogP contribution in [0.4, 0.5) is 0 Å².